The fraction of sp³-hybridized carbons (Fsp3) is 0.364. The number of carbonyl (C=O) groups is 1. The highest BCUT2D eigenvalue weighted by Crippen LogP contribution is 2.45. The molecule has 4 nitrogen and oxygen atoms in total. The van der Waals surface area contributed by atoms with Crippen molar-refractivity contribution in [2.45, 2.75) is 58.2 Å². The van der Waals surface area contributed by atoms with Crippen LogP contribution in [0, 0.1) is 18.3 Å². The number of rotatable bonds is 7. The Morgan fingerprint density at radius 3 is 2.37 bits per heavy atom. The van der Waals surface area contributed by atoms with Gasteiger partial charge in [-0.3, -0.25) is 10.1 Å². The van der Waals surface area contributed by atoms with Crippen molar-refractivity contribution in [3.05, 3.63) is 106 Å². The predicted molar refractivity (Wildman–Crippen MR) is 161 cm³/mol. The van der Waals surface area contributed by atoms with E-state index < -0.39 is 5.41 Å². The summed E-state index contributed by atoms with van der Waals surface area (Å²) in [6.07, 6.45) is 6.94. The van der Waals surface area contributed by atoms with Crippen LogP contribution in [-0.2, 0) is 11.2 Å². The third-order valence-corrected chi connectivity index (χ3v) is 9.21. The molecule has 1 amide bonds. The van der Waals surface area contributed by atoms with Gasteiger partial charge in [-0.1, -0.05) is 66.7 Å². The van der Waals surface area contributed by atoms with Crippen LogP contribution >= 0.6 is 9.24 Å². The van der Waals surface area contributed by atoms with Gasteiger partial charge < -0.3 is 10.6 Å². The van der Waals surface area contributed by atoms with Gasteiger partial charge in [0, 0.05) is 5.70 Å². The highest BCUT2D eigenvalue weighted by Gasteiger charge is 2.43. The Hall–Kier alpha value is -2.94. The van der Waals surface area contributed by atoms with E-state index in [0.29, 0.717) is 5.92 Å². The smallest absolute Gasteiger partial charge is 0.227 e. The Bertz CT molecular complexity index is 1300. The molecule has 3 aromatic carbocycles. The molecule has 0 radical (unpaired) electrons. The predicted octanol–water partition coefficient (Wildman–Crippen LogP) is 5.95. The van der Waals surface area contributed by atoms with Crippen LogP contribution in [0.15, 0.2) is 78.5 Å². The average Bonchev–Trinajstić information content (AvgIpc) is 2.94. The number of aryl methyl sites for hydroxylation is 1. The number of benzene rings is 3. The number of amides is 1. The molecule has 198 valence electrons. The molecule has 1 saturated carbocycles. The number of hydrogen-bond donors (Lipinski definition) is 3. The van der Waals surface area contributed by atoms with Gasteiger partial charge in [-0.15, -0.1) is 9.24 Å². The number of fused-ring (bicyclic) bond motifs is 1. The molecule has 1 fully saturated rings. The first-order chi connectivity index (χ1) is 18.4. The van der Waals surface area contributed by atoms with Crippen molar-refractivity contribution in [3.63, 3.8) is 0 Å². The maximum absolute atomic E-state index is 14.0. The molecule has 3 aromatic rings. The monoisotopic (exact) mass is 525 g/mol. The second kappa shape index (κ2) is 11.4. The quantitative estimate of drug-likeness (QED) is 0.334. The Labute approximate surface area is 229 Å². The number of allylic oxidation sites excluding steroid dienone is 1. The molecule has 0 bridgehead atoms. The third-order valence-electron chi connectivity index (χ3n) is 8.59. The summed E-state index contributed by atoms with van der Waals surface area (Å²) in [5.74, 6) is 0.599. The van der Waals surface area contributed by atoms with E-state index in [1.807, 2.05) is 31.3 Å². The number of hydrogen-bond acceptors (Lipinski definition) is 3. The maximum Gasteiger partial charge on any atom is 0.227 e. The van der Waals surface area contributed by atoms with Crippen LogP contribution in [0.25, 0.3) is 6.08 Å². The van der Waals surface area contributed by atoms with Gasteiger partial charge in [0.2, 0.25) is 5.91 Å². The molecule has 2 aliphatic rings. The molecule has 5 heteroatoms. The van der Waals surface area contributed by atoms with E-state index in [-0.39, 0.29) is 18.1 Å². The molecule has 1 aliphatic carbocycles. The van der Waals surface area contributed by atoms with Crippen molar-refractivity contribution < 1.29 is 4.79 Å². The Morgan fingerprint density at radius 2 is 1.71 bits per heavy atom. The molecule has 38 heavy (non-hydrogen) atoms. The molecule has 1 heterocycles. The van der Waals surface area contributed by atoms with Crippen LogP contribution in [0.4, 0.5) is 0 Å². The van der Waals surface area contributed by atoms with Crippen molar-refractivity contribution >= 4 is 26.5 Å². The van der Waals surface area contributed by atoms with E-state index in [1.165, 1.54) is 33.3 Å². The summed E-state index contributed by atoms with van der Waals surface area (Å²) in [7, 11) is 4.86. The Balaban J connectivity index is 1.37. The fourth-order valence-electron chi connectivity index (χ4n) is 6.18. The summed E-state index contributed by atoms with van der Waals surface area (Å²) in [6.45, 7) is 4.25. The first kappa shape index (κ1) is 26.7. The van der Waals surface area contributed by atoms with Crippen molar-refractivity contribution in [2.75, 3.05) is 7.05 Å². The fourth-order valence-corrected chi connectivity index (χ4v) is 6.45. The lowest BCUT2D eigenvalue weighted by Crippen LogP contribution is -2.46. The second-order valence-electron chi connectivity index (χ2n) is 11.1. The van der Waals surface area contributed by atoms with E-state index in [0.717, 1.165) is 37.7 Å². The summed E-state index contributed by atoms with van der Waals surface area (Å²) in [6, 6.07) is 25.3. The van der Waals surface area contributed by atoms with Gasteiger partial charge in [0.25, 0.3) is 0 Å². The van der Waals surface area contributed by atoms with Gasteiger partial charge >= 0.3 is 0 Å². The van der Waals surface area contributed by atoms with E-state index in [1.54, 1.807) is 0 Å². The summed E-state index contributed by atoms with van der Waals surface area (Å²) in [5, 5.41) is 11.8. The molecular weight excluding hydrogens is 485 g/mol. The van der Waals surface area contributed by atoms with Crippen LogP contribution in [0.1, 0.15) is 72.6 Å². The number of nitrogens with one attached hydrogen (secondary N) is 3. The minimum atomic E-state index is -0.401. The minimum absolute atomic E-state index is 0.0189. The van der Waals surface area contributed by atoms with Gasteiger partial charge in [0.1, 0.15) is 6.17 Å². The van der Waals surface area contributed by atoms with Gasteiger partial charge in [-0.05, 0) is 104 Å². The first-order valence-corrected chi connectivity index (χ1v) is 14.4. The zero-order chi connectivity index (χ0) is 26.7. The molecule has 3 N–H and O–H groups in total. The molecule has 0 aromatic heterocycles. The molecule has 3 atom stereocenters. The lowest BCUT2D eigenvalue weighted by molar-refractivity contribution is -0.134. The van der Waals surface area contributed by atoms with Gasteiger partial charge in [0.05, 0.1) is 11.5 Å². The summed E-state index contributed by atoms with van der Waals surface area (Å²) in [4.78, 5) is 14.0. The van der Waals surface area contributed by atoms with E-state index in [4.69, 9.17) is 0 Å². The molecule has 0 saturated heterocycles. The molecule has 0 spiro atoms. The van der Waals surface area contributed by atoms with Crippen LogP contribution in [0.5, 0.6) is 0 Å². The Kier molecular flexibility index (Phi) is 8.02. The zero-order valence-corrected chi connectivity index (χ0v) is 23.9. The lowest BCUT2D eigenvalue weighted by Gasteiger charge is -2.42. The zero-order valence-electron chi connectivity index (χ0n) is 22.8. The van der Waals surface area contributed by atoms with Crippen LogP contribution in [-0.4, -0.2) is 13.0 Å². The number of carbonyl (C=O) groups excluding carboxylic acids is 1. The normalized spacial score (nSPS) is 23.5. The van der Waals surface area contributed by atoms with E-state index >= 15 is 0 Å². The highest BCUT2D eigenvalue weighted by molar-refractivity contribution is 7.27. The molecule has 1 aliphatic heterocycles. The molecular formula is C33H40N3OP. The van der Waals surface area contributed by atoms with Crippen molar-refractivity contribution in [2.24, 2.45) is 11.3 Å². The highest BCUT2D eigenvalue weighted by atomic mass is 31.0. The summed E-state index contributed by atoms with van der Waals surface area (Å²) < 4.78 is 0. The van der Waals surface area contributed by atoms with Crippen molar-refractivity contribution in [1.29, 1.82) is 0 Å². The van der Waals surface area contributed by atoms with Crippen molar-refractivity contribution in [3.8, 4) is 0 Å². The standard InChI is InChI=1S/C33H40N3OP/c1-22-18-27-19-29(36-31(34-3)28(27)20-30(22)38)26-14-16-33(17-15-26,21-24-10-6-4-7-11-24)32(37)35-23(2)25-12-8-5-9-13-25/h4-13,18-20,23,26,31,34,36H,14-17,21,38H2,1-3H3,(H,35,37)/t23-,26?,31?,33?/m0/s1. The average molecular weight is 526 g/mol. The second-order valence-corrected chi connectivity index (χ2v) is 11.7. The maximum atomic E-state index is 14.0. The minimum Gasteiger partial charge on any atom is -0.369 e. The van der Waals surface area contributed by atoms with Crippen LogP contribution in [0.2, 0.25) is 0 Å². The van der Waals surface area contributed by atoms with E-state index in [9.17, 15) is 4.79 Å². The molecule has 5 rings (SSSR count). The van der Waals surface area contributed by atoms with Crippen LogP contribution < -0.4 is 21.3 Å². The first-order valence-electron chi connectivity index (χ1n) is 13.8. The van der Waals surface area contributed by atoms with Gasteiger partial charge in [0.15, 0.2) is 0 Å². The largest absolute Gasteiger partial charge is 0.369 e. The summed E-state index contributed by atoms with van der Waals surface area (Å²) in [5.41, 5.74) is 7.13. The third kappa shape index (κ3) is 5.58. The topological polar surface area (TPSA) is 53.2 Å². The molecule has 2 unspecified atom stereocenters. The van der Waals surface area contributed by atoms with Gasteiger partial charge in [-0.25, -0.2) is 0 Å². The van der Waals surface area contributed by atoms with Crippen LogP contribution in [0.3, 0.4) is 0 Å². The van der Waals surface area contributed by atoms with Crippen molar-refractivity contribution in [1.82, 2.24) is 16.0 Å². The van der Waals surface area contributed by atoms with Gasteiger partial charge in [-0.2, -0.15) is 0 Å². The summed E-state index contributed by atoms with van der Waals surface area (Å²) >= 11 is 0. The van der Waals surface area contributed by atoms with E-state index in [2.05, 4.69) is 93.6 Å². The lowest BCUT2D eigenvalue weighted by atomic mass is 9.66. The SMILES string of the molecule is CNC1NC(C2CCC(Cc3ccccc3)(C(=O)N[C@@H](C)c3ccccc3)CC2)=Cc2cc(C)c(P)cc21. The Morgan fingerprint density at radius 1 is 1.05 bits per heavy atom.